The molecule has 0 fully saturated rings. The average Bonchev–Trinajstić information content (AvgIpc) is 3.27. The SMILES string of the molecule is Cc1ccc(S(=O)(=O)N(C)CC(=O)NNC(=O)c2cc3c(C)nn(CC(C)C)c3s2)cc1. The predicted molar refractivity (Wildman–Crippen MR) is 124 cm³/mol. The van der Waals surface area contributed by atoms with Gasteiger partial charge in [-0.05, 0) is 38.0 Å². The number of nitrogens with one attached hydrogen (secondary N) is 2. The number of likely N-dealkylation sites (N-methyl/N-ethyl adjacent to an activating group) is 1. The lowest BCUT2D eigenvalue weighted by molar-refractivity contribution is -0.121. The number of aryl methyl sites for hydroxylation is 2. The number of fused-ring (bicyclic) bond motifs is 1. The maximum atomic E-state index is 12.6. The van der Waals surface area contributed by atoms with Crippen molar-refractivity contribution in [2.75, 3.05) is 13.6 Å². The number of sulfonamides is 1. The van der Waals surface area contributed by atoms with Crippen LogP contribution in [0.1, 0.15) is 34.8 Å². The Labute approximate surface area is 191 Å². The highest BCUT2D eigenvalue weighted by Crippen LogP contribution is 2.28. The minimum absolute atomic E-state index is 0.0959. The Bertz CT molecular complexity index is 1240. The summed E-state index contributed by atoms with van der Waals surface area (Å²) in [6.45, 7) is 8.23. The summed E-state index contributed by atoms with van der Waals surface area (Å²) in [5, 5.41) is 5.41. The number of aromatic nitrogens is 2. The van der Waals surface area contributed by atoms with Gasteiger partial charge in [-0.2, -0.15) is 9.40 Å². The maximum absolute atomic E-state index is 12.6. The first-order chi connectivity index (χ1) is 15.0. The van der Waals surface area contributed by atoms with E-state index in [2.05, 4.69) is 29.8 Å². The summed E-state index contributed by atoms with van der Waals surface area (Å²) in [6.07, 6.45) is 0. The zero-order valence-corrected chi connectivity index (χ0v) is 20.3. The van der Waals surface area contributed by atoms with E-state index in [1.165, 1.54) is 30.5 Å². The molecule has 172 valence electrons. The van der Waals surface area contributed by atoms with Crippen LogP contribution in [0.15, 0.2) is 35.2 Å². The van der Waals surface area contributed by atoms with Crippen molar-refractivity contribution in [3.8, 4) is 0 Å². The van der Waals surface area contributed by atoms with Crippen molar-refractivity contribution in [3.63, 3.8) is 0 Å². The highest BCUT2D eigenvalue weighted by Gasteiger charge is 2.23. The van der Waals surface area contributed by atoms with Gasteiger partial charge in [0.25, 0.3) is 11.8 Å². The fraction of sp³-hybridized carbons (Fsp3) is 0.381. The van der Waals surface area contributed by atoms with Crippen LogP contribution >= 0.6 is 11.3 Å². The Morgan fingerprint density at radius 2 is 1.81 bits per heavy atom. The lowest BCUT2D eigenvalue weighted by Crippen LogP contribution is -2.46. The molecule has 11 heteroatoms. The molecule has 9 nitrogen and oxygen atoms in total. The quantitative estimate of drug-likeness (QED) is 0.508. The molecular formula is C21H27N5O4S2. The van der Waals surface area contributed by atoms with Crippen LogP contribution in [0.25, 0.3) is 10.2 Å². The molecule has 0 aliphatic heterocycles. The Morgan fingerprint density at radius 3 is 2.44 bits per heavy atom. The molecule has 0 saturated heterocycles. The highest BCUT2D eigenvalue weighted by molar-refractivity contribution is 7.89. The normalized spacial score (nSPS) is 12.0. The molecule has 0 saturated carbocycles. The number of rotatable bonds is 7. The van der Waals surface area contributed by atoms with Gasteiger partial charge in [0.15, 0.2) is 0 Å². The third-order valence-corrected chi connectivity index (χ3v) is 7.74. The molecule has 3 aromatic rings. The van der Waals surface area contributed by atoms with Gasteiger partial charge < -0.3 is 0 Å². The van der Waals surface area contributed by atoms with Gasteiger partial charge in [-0.3, -0.25) is 25.1 Å². The van der Waals surface area contributed by atoms with Crippen LogP contribution < -0.4 is 10.9 Å². The molecule has 2 N–H and O–H groups in total. The van der Waals surface area contributed by atoms with Crippen LogP contribution in [0.5, 0.6) is 0 Å². The fourth-order valence-electron chi connectivity index (χ4n) is 3.10. The molecule has 0 aliphatic rings. The Hall–Kier alpha value is -2.76. The third kappa shape index (κ3) is 5.17. The van der Waals surface area contributed by atoms with E-state index < -0.39 is 28.4 Å². The number of benzene rings is 1. The zero-order valence-electron chi connectivity index (χ0n) is 18.7. The summed E-state index contributed by atoms with van der Waals surface area (Å²) < 4.78 is 28.0. The number of carbonyl (C=O) groups excluding carboxylic acids is 2. The molecule has 0 unspecified atom stereocenters. The van der Waals surface area contributed by atoms with E-state index in [0.29, 0.717) is 10.8 Å². The lowest BCUT2D eigenvalue weighted by Gasteiger charge is -2.17. The number of thiophene rings is 1. The first kappa shape index (κ1) is 23.9. The van der Waals surface area contributed by atoms with E-state index in [0.717, 1.165) is 32.3 Å². The van der Waals surface area contributed by atoms with Crippen LogP contribution in [0.2, 0.25) is 0 Å². The van der Waals surface area contributed by atoms with Crippen molar-refractivity contribution >= 4 is 43.4 Å². The van der Waals surface area contributed by atoms with Crippen molar-refractivity contribution in [2.24, 2.45) is 5.92 Å². The van der Waals surface area contributed by atoms with Gasteiger partial charge in [-0.1, -0.05) is 31.5 Å². The van der Waals surface area contributed by atoms with E-state index in [1.807, 2.05) is 18.5 Å². The summed E-state index contributed by atoms with van der Waals surface area (Å²) in [5.74, 6) is -0.719. The number of hydrogen-bond donors (Lipinski definition) is 2. The standard InChI is InChI=1S/C21H27N5O4S2/c1-13(2)11-26-21-17(15(4)24-26)10-18(31-21)20(28)23-22-19(27)12-25(5)32(29,30)16-8-6-14(3)7-9-16/h6-10,13H,11-12H2,1-5H3,(H,22,27)(H,23,28). The number of hydrogen-bond acceptors (Lipinski definition) is 6. The second kappa shape index (κ2) is 9.39. The third-order valence-electron chi connectivity index (χ3n) is 4.78. The van der Waals surface area contributed by atoms with Gasteiger partial charge in [0.05, 0.1) is 22.0 Å². The van der Waals surface area contributed by atoms with Crippen molar-refractivity contribution in [1.29, 1.82) is 0 Å². The van der Waals surface area contributed by atoms with E-state index in [4.69, 9.17) is 0 Å². The van der Waals surface area contributed by atoms with Crippen molar-refractivity contribution in [3.05, 3.63) is 46.5 Å². The zero-order chi connectivity index (χ0) is 23.6. The molecular weight excluding hydrogens is 450 g/mol. The summed E-state index contributed by atoms with van der Waals surface area (Å²) in [4.78, 5) is 26.2. The summed E-state index contributed by atoms with van der Waals surface area (Å²) >= 11 is 1.29. The van der Waals surface area contributed by atoms with E-state index >= 15 is 0 Å². The minimum atomic E-state index is -3.82. The van der Waals surface area contributed by atoms with Gasteiger partial charge >= 0.3 is 0 Å². The van der Waals surface area contributed by atoms with E-state index in [1.54, 1.807) is 18.2 Å². The average molecular weight is 478 g/mol. The molecule has 2 heterocycles. The smallest absolute Gasteiger partial charge is 0.272 e. The molecule has 1 aromatic carbocycles. The highest BCUT2D eigenvalue weighted by atomic mass is 32.2. The van der Waals surface area contributed by atoms with E-state index in [-0.39, 0.29) is 4.90 Å². The van der Waals surface area contributed by atoms with Crippen LogP contribution in [0.3, 0.4) is 0 Å². The first-order valence-corrected chi connectivity index (χ1v) is 12.3. The van der Waals surface area contributed by atoms with Crippen molar-refractivity contribution < 1.29 is 18.0 Å². The van der Waals surface area contributed by atoms with E-state index in [9.17, 15) is 18.0 Å². The van der Waals surface area contributed by atoms with Gasteiger partial charge in [0, 0.05) is 19.0 Å². The topological polar surface area (TPSA) is 113 Å². The van der Waals surface area contributed by atoms with Crippen LogP contribution in [-0.4, -0.2) is 47.9 Å². The molecule has 0 radical (unpaired) electrons. The minimum Gasteiger partial charge on any atom is -0.272 e. The monoisotopic (exact) mass is 477 g/mol. The van der Waals surface area contributed by atoms with Gasteiger partial charge in [-0.15, -0.1) is 11.3 Å². The van der Waals surface area contributed by atoms with Crippen molar-refractivity contribution in [1.82, 2.24) is 24.9 Å². The summed E-state index contributed by atoms with van der Waals surface area (Å²) in [5.41, 5.74) is 6.40. The van der Waals surface area contributed by atoms with Gasteiger partial charge in [0.1, 0.15) is 4.83 Å². The van der Waals surface area contributed by atoms with Crippen LogP contribution in [-0.2, 0) is 21.4 Å². The second-order valence-electron chi connectivity index (χ2n) is 8.07. The number of amides is 2. The molecule has 2 aromatic heterocycles. The summed E-state index contributed by atoms with van der Waals surface area (Å²) in [7, 11) is -2.51. The van der Waals surface area contributed by atoms with Crippen LogP contribution in [0, 0.1) is 19.8 Å². The number of hydrazine groups is 1. The Balaban J connectivity index is 1.62. The maximum Gasteiger partial charge on any atom is 0.279 e. The number of carbonyl (C=O) groups is 2. The lowest BCUT2D eigenvalue weighted by atomic mass is 10.2. The molecule has 0 bridgehead atoms. The van der Waals surface area contributed by atoms with Crippen LogP contribution in [0.4, 0.5) is 0 Å². The van der Waals surface area contributed by atoms with Gasteiger partial charge in [-0.25, -0.2) is 8.42 Å². The molecule has 0 atom stereocenters. The number of nitrogens with zero attached hydrogens (tertiary/aromatic N) is 3. The Morgan fingerprint density at radius 1 is 1.16 bits per heavy atom. The first-order valence-electron chi connectivity index (χ1n) is 10.1. The second-order valence-corrected chi connectivity index (χ2v) is 11.1. The molecule has 0 aliphatic carbocycles. The van der Waals surface area contributed by atoms with Gasteiger partial charge in [0.2, 0.25) is 10.0 Å². The fourth-order valence-corrected chi connectivity index (χ4v) is 5.29. The molecule has 0 spiro atoms. The molecule has 2 amide bonds. The Kier molecular flexibility index (Phi) is 7.01. The molecule has 3 rings (SSSR count). The predicted octanol–water partition coefficient (Wildman–Crippen LogP) is 2.45. The molecule has 32 heavy (non-hydrogen) atoms. The largest absolute Gasteiger partial charge is 0.279 e. The summed E-state index contributed by atoms with van der Waals surface area (Å²) in [6, 6.07) is 8.10. The van der Waals surface area contributed by atoms with Crippen molar-refractivity contribution in [2.45, 2.75) is 39.1 Å².